The fourth-order valence-electron chi connectivity index (χ4n) is 4.37. The van der Waals surface area contributed by atoms with Gasteiger partial charge in [0.1, 0.15) is 11.4 Å². The van der Waals surface area contributed by atoms with E-state index in [1.807, 2.05) is 77.3 Å². The normalized spacial score (nSPS) is 14.4. The number of aromatic nitrogens is 2. The number of amides is 2. The summed E-state index contributed by atoms with van der Waals surface area (Å²) in [4.78, 5) is 29.7. The van der Waals surface area contributed by atoms with Crippen LogP contribution >= 0.6 is 0 Å². The molecule has 0 radical (unpaired) electrons. The Bertz CT molecular complexity index is 1140. The summed E-state index contributed by atoms with van der Waals surface area (Å²) in [7, 11) is 1.63. The second-order valence-corrected chi connectivity index (χ2v) is 8.68. The Morgan fingerprint density at radius 3 is 2.63 bits per heavy atom. The molecule has 0 bridgehead atoms. The Morgan fingerprint density at radius 1 is 1.03 bits per heavy atom. The van der Waals surface area contributed by atoms with E-state index in [1.54, 1.807) is 7.11 Å². The second-order valence-electron chi connectivity index (χ2n) is 8.68. The molecule has 1 saturated heterocycles. The Labute approximate surface area is 206 Å². The number of rotatable bonds is 8. The molecule has 3 aromatic rings. The molecule has 0 atom stereocenters. The van der Waals surface area contributed by atoms with Crippen LogP contribution in [0, 0.1) is 0 Å². The maximum atomic E-state index is 13.7. The zero-order chi connectivity index (χ0) is 24.6. The van der Waals surface area contributed by atoms with Crippen LogP contribution in [0.3, 0.4) is 0 Å². The van der Waals surface area contributed by atoms with Crippen LogP contribution in [0.25, 0.3) is 11.3 Å². The molecule has 2 heterocycles. The van der Waals surface area contributed by atoms with Crippen LogP contribution in [0.2, 0.25) is 0 Å². The Morgan fingerprint density at radius 2 is 1.86 bits per heavy atom. The van der Waals surface area contributed by atoms with Crippen LogP contribution in [0.4, 0.5) is 0 Å². The van der Waals surface area contributed by atoms with Gasteiger partial charge in [-0.15, -0.1) is 0 Å². The van der Waals surface area contributed by atoms with Gasteiger partial charge in [0, 0.05) is 44.5 Å². The van der Waals surface area contributed by atoms with Gasteiger partial charge in [-0.2, -0.15) is 5.10 Å². The second kappa shape index (κ2) is 11.7. The van der Waals surface area contributed by atoms with Crippen molar-refractivity contribution in [2.45, 2.75) is 19.9 Å². The minimum absolute atomic E-state index is 0.0229. The molecule has 184 valence electrons. The van der Waals surface area contributed by atoms with E-state index in [1.165, 1.54) is 0 Å². The molecule has 0 unspecified atom stereocenters. The highest BCUT2D eigenvalue weighted by Gasteiger charge is 2.26. The topological polar surface area (TPSA) is 79.7 Å². The van der Waals surface area contributed by atoms with Crippen molar-refractivity contribution in [2.75, 3.05) is 46.4 Å². The number of likely N-dealkylation sites (N-methyl/N-ethyl adjacent to an activating group) is 1. The molecule has 1 N–H and O–H groups in total. The van der Waals surface area contributed by atoms with Gasteiger partial charge in [-0.3, -0.25) is 19.2 Å². The number of carbonyl (C=O) groups is 2. The SMILES string of the molecule is CCNC(=O)CN1CCCN(C(=O)c2cn(Cc3ccccc3)nc2-c2cccc(OC)c2)CC1. The first kappa shape index (κ1) is 24.5. The quantitative estimate of drug-likeness (QED) is 0.542. The molecule has 1 aromatic heterocycles. The zero-order valence-electron chi connectivity index (χ0n) is 20.4. The smallest absolute Gasteiger partial charge is 0.257 e. The molecule has 2 aromatic carbocycles. The number of nitrogens with zero attached hydrogens (tertiary/aromatic N) is 4. The summed E-state index contributed by atoms with van der Waals surface area (Å²) < 4.78 is 7.23. The van der Waals surface area contributed by atoms with Crippen molar-refractivity contribution < 1.29 is 14.3 Å². The van der Waals surface area contributed by atoms with E-state index in [0.717, 1.165) is 24.1 Å². The number of carbonyl (C=O) groups excluding carboxylic acids is 2. The van der Waals surface area contributed by atoms with Gasteiger partial charge < -0.3 is 15.0 Å². The van der Waals surface area contributed by atoms with Crippen LogP contribution in [0.1, 0.15) is 29.3 Å². The highest BCUT2D eigenvalue weighted by Crippen LogP contribution is 2.27. The molecule has 1 aliphatic heterocycles. The van der Waals surface area contributed by atoms with Gasteiger partial charge in [-0.1, -0.05) is 42.5 Å². The van der Waals surface area contributed by atoms with Crippen molar-refractivity contribution in [3.63, 3.8) is 0 Å². The van der Waals surface area contributed by atoms with E-state index in [2.05, 4.69) is 10.2 Å². The molecule has 8 nitrogen and oxygen atoms in total. The lowest BCUT2D eigenvalue weighted by atomic mass is 10.1. The number of nitrogens with one attached hydrogen (secondary N) is 1. The predicted octanol–water partition coefficient (Wildman–Crippen LogP) is 2.89. The summed E-state index contributed by atoms with van der Waals surface area (Å²) in [5.74, 6) is 0.700. The van der Waals surface area contributed by atoms with Gasteiger partial charge in [-0.05, 0) is 31.0 Å². The van der Waals surface area contributed by atoms with E-state index >= 15 is 0 Å². The van der Waals surface area contributed by atoms with Crippen LogP contribution in [-0.4, -0.2) is 77.8 Å². The number of ether oxygens (including phenoxy) is 1. The van der Waals surface area contributed by atoms with Gasteiger partial charge in [0.25, 0.3) is 5.91 Å². The van der Waals surface area contributed by atoms with Crippen molar-refractivity contribution in [1.29, 1.82) is 0 Å². The first-order valence-corrected chi connectivity index (χ1v) is 12.1. The molecule has 1 fully saturated rings. The number of methoxy groups -OCH3 is 1. The van der Waals surface area contributed by atoms with Crippen molar-refractivity contribution in [2.24, 2.45) is 0 Å². The lowest BCUT2D eigenvalue weighted by molar-refractivity contribution is -0.122. The fraction of sp³-hybridized carbons (Fsp3) is 0.370. The van der Waals surface area contributed by atoms with Crippen LogP contribution in [-0.2, 0) is 11.3 Å². The van der Waals surface area contributed by atoms with E-state index in [-0.39, 0.29) is 11.8 Å². The van der Waals surface area contributed by atoms with Crippen LogP contribution in [0.5, 0.6) is 5.75 Å². The third kappa shape index (κ3) is 6.27. The highest BCUT2D eigenvalue weighted by molar-refractivity contribution is 6.00. The van der Waals surface area contributed by atoms with Crippen LogP contribution in [0.15, 0.2) is 60.8 Å². The Kier molecular flexibility index (Phi) is 8.15. The summed E-state index contributed by atoms with van der Waals surface area (Å²) in [6.07, 6.45) is 2.67. The van der Waals surface area contributed by atoms with E-state index < -0.39 is 0 Å². The predicted molar refractivity (Wildman–Crippen MR) is 135 cm³/mol. The lowest BCUT2D eigenvalue weighted by Crippen LogP contribution is -2.40. The van der Waals surface area contributed by atoms with E-state index in [4.69, 9.17) is 9.84 Å². The number of hydrogen-bond acceptors (Lipinski definition) is 5. The fourth-order valence-corrected chi connectivity index (χ4v) is 4.37. The largest absolute Gasteiger partial charge is 0.497 e. The number of benzene rings is 2. The minimum Gasteiger partial charge on any atom is -0.497 e. The molecule has 0 saturated carbocycles. The third-order valence-corrected chi connectivity index (χ3v) is 6.14. The summed E-state index contributed by atoms with van der Waals surface area (Å²) in [5.41, 5.74) is 3.17. The molecule has 35 heavy (non-hydrogen) atoms. The first-order chi connectivity index (χ1) is 17.1. The van der Waals surface area contributed by atoms with Gasteiger partial charge in [0.05, 0.1) is 25.8 Å². The van der Waals surface area contributed by atoms with Gasteiger partial charge in [0.15, 0.2) is 0 Å². The van der Waals surface area contributed by atoms with Crippen molar-refractivity contribution >= 4 is 11.8 Å². The monoisotopic (exact) mass is 475 g/mol. The molecule has 8 heteroatoms. The molecule has 4 rings (SSSR count). The molecular weight excluding hydrogens is 442 g/mol. The van der Waals surface area contributed by atoms with Gasteiger partial charge in [-0.25, -0.2) is 0 Å². The van der Waals surface area contributed by atoms with Gasteiger partial charge in [0.2, 0.25) is 5.91 Å². The molecular formula is C27H33N5O3. The highest BCUT2D eigenvalue weighted by atomic mass is 16.5. The van der Waals surface area contributed by atoms with Crippen molar-refractivity contribution in [3.05, 3.63) is 71.9 Å². The molecule has 2 amide bonds. The zero-order valence-corrected chi connectivity index (χ0v) is 20.4. The van der Waals surface area contributed by atoms with Gasteiger partial charge >= 0.3 is 0 Å². The summed E-state index contributed by atoms with van der Waals surface area (Å²) in [6.45, 7) is 6.14. The molecule has 0 spiro atoms. The van der Waals surface area contributed by atoms with Crippen LogP contribution < -0.4 is 10.1 Å². The van der Waals surface area contributed by atoms with E-state index in [0.29, 0.717) is 56.3 Å². The van der Waals surface area contributed by atoms with E-state index in [9.17, 15) is 9.59 Å². The molecule has 1 aliphatic rings. The van der Waals surface area contributed by atoms with Crippen molar-refractivity contribution in [3.8, 4) is 17.0 Å². The summed E-state index contributed by atoms with van der Waals surface area (Å²) in [5, 5.41) is 7.66. The Hall–Kier alpha value is -3.65. The summed E-state index contributed by atoms with van der Waals surface area (Å²) >= 11 is 0. The number of hydrogen-bond donors (Lipinski definition) is 1. The summed E-state index contributed by atoms with van der Waals surface area (Å²) in [6, 6.07) is 17.7. The minimum atomic E-state index is -0.0398. The standard InChI is InChI=1S/C27H33N5O3/c1-3-28-25(33)20-30-13-8-14-31(16-15-30)27(34)24-19-32(18-21-9-5-4-6-10-21)29-26(24)22-11-7-12-23(17-22)35-2/h4-7,9-12,17,19H,3,8,13-16,18,20H2,1-2H3,(H,28,33). The maximum absolute atomic E-state index is 13.7. The molecule has 0 aliphatic carbocycles. The first-order valence-electron chi connectivity index (χ1n) is 12.1. The van der Waals surface area contributed by atoms with Crippen molar-refractivity contribution in [1.82, 2.24) is 24.9 Å². The lowest BCUT2D eigenvalue weighted by Gasteiger charge is -2.21. The maximum Gasteiger partial charge on any atom is 0.257 e. The third-order valence-electron chi connectivity index (χ3n) is 6.14. The average Bonchev–Trinajstić information content (AvgIpc) is 3.15. The average molecular weight is 476 g/mol. The Balaban J connectivity index is 1.58.